The van der Waals surface area contributed by atoms with Crippen LogP contribution in [0.3, 0.4) is 0 Å². The van der Waals surface area contributed by atoms with E-state index in [1.54, 1.807) is 12.1 Å². The second-order valence-corrected chi connectivity index (χ2v) is 6.70. The molecule has 0 bridgehead atoms. The molecule has 0 spiro atoms. The maximum absolute atomic E-state index is 9.52. The lowest BCUT2D eigenvalue weighted by molar-refractivity contribution is 0.449. The van der Waals surface area contributed by atoms with Crippen molar-refractivity contribution in [1.82, 2.24) is 0 Å². The van der Waals surface area contributed by atoms with Crippen molar-refractivity contribution in [3.8, 4) is 11.5 Å². The monoisotopic (exact) mass is 326 g/mol. The number of phenolic OH excluding ortho intramolecular Hbond substituents is 2. The Bertz CT molecular complexity index is 599. The van der Waals surface area contributed by atoms with Crippen molar-refractivity contribution in [3.63, 3.8) is 0 Å². The minimum absolute atomic E-state index is 0.134. The lowest BCUT2D eigenvalue weighted by Gasteiger charge is -2.07. The lowest BCUT2D eigenvalue weighted by atomic mass is 9.99. The van der Waals surface area contributed by atoms with Gasteiger partial charge in [0.15, 0.2) is 0 Å². The van der Waals surface area contributed by atoms with Crippen molar-refractivity contribution in [2.45, 2.75) is 64.7 Å². The van der Waals surface area contributed by atoms with E-state index in [0.717, 1.165) is 24.8 Å². The third kappa shape index (κ3) is 6.66. The molecule has 0 fully saturated rings. The summed E-state index contributed by atoms with van der Waals surface area (Å²) in [4.78, 5) is 0. The van der Waals surface area contributed by atoms with Gasteiger partial charge in [0, 0.05) is 6.07 Å². The zero-order valence-corrected chi connectivity index (χ0v) is 14.8. The first-order chi connectivity index (χ1) is 11.7. The van der Waals surface area contributed by atoms with Crippen molar-refractivity contribution in [1.29, 1.82) is 0 Å². The number of hydrogen-bond acceptors (Lipinski definition) is 2. The van der Waals surface area contributed by atoms with Gasteiger partial charge in [0.05, 0.1) is 0 Å². The molecule has 0 aliphatic heterocycles. The molecule has 0 aromatic heterocycles. The van der Waals surface area contributed by atoms with Gasteiger partial charge in [-0.2, -0.15) is 0 Å². The Hall–Kier alpha value is -1.96. The van der Waals surface area contributed by atoms with Crippen LogP contribution in [0.5, 0.6) is 11.5 Å². The third-order valence-electron chi connectivity index (χ3n) is 4.45. The summed E-state index contributed by atoms with van der Waals surface area (Å²) in [5.74, 6) is 0.269. The van der Waals surface area contributed by atoms with Gasteiger partial charge < -0.3 is 10.2 Å². The van der Waals surface area contributed by atoms with E-state index in [9.17, 15) is 10.2 Å². The van der Waals surface area contributed by atoms with Gasteiger partial charge in [-0.15, -0.1) is 0 Å². The van der Waals surface area contributed by atoms with E-state index in [1.807, 2.05) is 0 Å². The highest BCUT2D eigenvalue weighted by molar-refractivity contribution is 5.36. The average molecular weight is 326 g/mol. The molecule has 0 unspecified atom stereocenters. The van der Waals surface area contributed by atoms with Gasteiger partial charge in [0.1, 0.15) is 11.5 Å². The molecule has 0 radical (unpaired) electrons. The molecule has 2 aromatic rings. The maximum atomic E-state index is 9.52. The molecular formula is C22H30O2. The van der Waals surface area contributed by atoms with Crippen LogP contribution in [-0.4, -0.2) is 10.2 Å². The number of aromatic hydroxyl groups is 2. The summed E-state index contributed by atoms with van der Waals surface area (Å²) in [7, 11) is 0. The molecule has 130 valence electrons. The highest BCUT2D eigenvalue weighted by Crippen LogP contribution is 2.22. The van der Waals surface area contributed by atoms with Crippen LogP contribution in [0, 0.1) is 0 Å². The lowest BCUT2D eigenvalue weighted by Crippen LogP contribution is -1.93. The molecule has 2 aromatic carbocycles. The number of aryl methyl sites for hydroxylation is 3. The zero-order valence-electron chi connectivity index (χ0n) is 14.8. The molecule has 0 saturated heterocycles. The van der Waals surface area contributed by atoms with Gasteiger partial charge in [0.25, 0.3) is 0 Å². The van der Waals surface area contributed by atoms with Crippen LogP contribution in [0.4, 0.5) is 0 Å². The summed E-state index contributed by atoms with van der Waals surface area (Å²) in [5, 5.41) is 19.0. The summed E-state index contributed by atoms with van der Waals surface area (Å²) < 4.78 is 0. The number of rotatable bonds is 10. The van der Waals surface area contributed by atoms with E-state index in [1.165, 1.54) is 55.7 Å². The fraction of sp³-hybridized carbons (Fsp3) is 0.455. The molecule has 0 saturated carbocycles. The molecule has 2 N–H and O–H groups in total. The Morgan fingerprint density at radius 2 is 1.21 bits per heavy atom. The van der Waals surface area contributed by atoms with Crippen molar-refractivity contribution in [3.05, 3.63) is 59.2 Å². The average Bonchev–Trinajstić information content (AvgIpc) is 2.54. The highest BCUT2D eigenvalue weighted by atomic mass is 16.3. The number of unbranched alkanes of at least 4 members (excludes halogenated alkanes) is 4. The van der Waals surface area contributed by atoms with E-state index in [-0.39, 0.29) is 11.5 Å². The summed E-state index contributed by atoms with van der Waals surface area (Å²) in [6.45, 7) is 2.25. The summed E-state index contributed by atoms with van der Waals surface area (Å²) in [5.41, 5.74) is 3.81. The van der Waals surface area contributed by atoms with E-state index in [0.29, 0.717) is 0 Å². The van der Waals surface area contributed by atoms with Gasteiger partial charge in [-0.25, -0.2) is 0 Å². The Balaban J connectivity index is 1.77. The van der Waals surface area contributed by atoms with Gasteiger partial charge in [-0.1, -0.05) is 56.9 Å². The van der Waals surface area contributed by atoms with Gasteiger partial charge >= 0.3 is 0 Å². The predicted molar refractivity (Wildman–Crippen MR) is 101 cm³/mol. The van der Waals surface area contributed by atoms with Gasteiger partial charge in [-0.3, -0.25) is 0 Å². The highest BCUT2D eigenvalue weighted by Gasteiger charge is 2.01. The second kappa shape index (κ2) is 10.0. The zero-order chi connectivity index (χ0) is 17.2. The van der Waals surface area contributed by atoms with Crippen molar-refractivity contribution in [2.75, 3.05) is 0 Å². The summed E-state index contributed by atoms with van der Waals surface area (Å²) in [6, 6.07) is 13.8. The Labute approximate surface area is 146 Å². The van der Waals surface area contributed by atoms with E-state index in [4.69, 9.17) is 0 Å². The predicted octanol–water partition coefficient (Wildman–Crippen LogP) is 5.79. The van der Waals surface area contributed by atoms with E-state index in [2.05, 4.69) is 31.2 Å². The molecule has 24 heavy (non-hydrogen) atoms. The molecule has 0 aliphatic carbocycles. The normalized spacial score (nSPS) is 10.9. The van der Waals surface area contributed by atoms with Crippen LogP contribution >= 0.6 is 0 Å². The molecular weight excluding hydrogens is 296 g/mol. The summed E-state index contributed by atoms with van der Waals surface area (Å²) in [6.07, 6.45) is 10.7. The van der Waals surface area contributed by atoms with Crippen LogP contribution in [0.2, 0.25) is 0 Å². The van der Waals surface area contributed by atoms with Crippen molar-refractivity contribution >= 4 is 0 Å². The molecule has 0 amide bonds. The first kappa shape index (κ1) is 18.4. The maximum Gasteiger partial charge on any atom is 0.119 e. The largest absolute Gasteiger partial charge is 0.508 e. The molecule has 2 heteroatoms. The SMILES string of the molecule is CCCCCCCc1cccc(CCCc2cc(O)cc(O)c2)c1. The number of hydrogen-bond donors (Lipinski definition) is 2. The molecule has 0 atom stereocenters. The third-order valence-corrected chi connectivity index (χ3v) is 4.45. The van der Waals surface area contributed by atoms with Gasteiger partial charge in [-0.05, 0) is 60.9 Å². The van der Waals surface area contributed by atoms with Gasteiger partial charge in [0.2, 0.25) is 0 Å². The number of phenols is 2. The molecule has 2 nitrogen and oxygen atoms in total. The minimum atomic E-state index is 0.134. The standard InChI is InChI=1S/C22H30O2/c1-2-3-4-5-6-9-18-10-7-11-19(14-18)12-8-13-20-15-21(23)17-22(24)16-20/h7,10-11,14-17,23-24H,2-6,8-9,12-13H2,1H3. The Kier molecular flexibility index (Phi) is 7.67. The van der Waals surface area contributed by atoms with Crippen LogP contribution < -0.4 is 0 Å². The topological polar surface area (TPSA) is 40.5 Å². The van der Waals surface area contributed by atoms with Crippen molar-refractivity contribution < 1.29 is 10.2 Å². The fourth-order valence-corrected chi connectivity index (χ4v) is 3.17. The number of benzene rings is 2. The van der Waals surface area contributed by atoms with Crippen LogP contribution in [0.15, 0.2) is 42.5 Å². The van der Waals surface area contributed by atoms with E-state index < -0.39 is 0 Å². The van der Waals surface area contributed by atoms with Crippen LogP contribution in [0.25, 0.3) is 0 Å². The first-order valence-electron chi connectivity index (χ1n) is 9.27. The second-order valence-electron chi connectivity index (χ2n) is 6.70. The molecule has 0 heterocycles. The van der Waals surface area contributed by atoms with Crippen LogP contribution in [0.1, 0.15) is 62.1 Å². The Morgan fingerprint density at radius 1 is 0.625 bits per heavy atom. The van der Waals surface area contributed by atoms with Crippen LogP contribution in [-0.2, 0) is 19.3 Å². The minimum Gasteiger partial charge on any atom is -0.508 e. The molecule has 2 rings (SSSR count). The Morgan fingerprint density at radius 3 is 1.88 bits per heavy atom. The fourth-order valence-electron chi connectivity index (χ4n) is 3.17. The summed E-state index contributed by atoms with van der Waals surface area (Å²) >= 11 is 0. The van der Waals surface area contributed by atoms with E-state index >= 15 is 0 Å². The smallest absolute Gasteiger partial charge is 0.119 e. The molecule has 0 aliphatic rings. The first-order valence-corrected chi connectivity index (χ1v) is 9.27. The quantitative estimate of drug-likeness (QED) is 0.543. The van der Waals surface area contributed by atoms with Crippen molar-refractivity contribution in [2.24, 2.45) is 0 Å².